The maximum Gasteiger partial charge on any atom is 0.407 e. The van der Waals surface area contributed by atoms with E-state index in [0.29, 0.717) is 25.2 Å². The Hall–Kier alpha value is -3.13. The third kappa shape index (κ3) is 5.23. The maximum absolute atomic E-state index is 12.2. The van der Waals surface area contributed by atoms with Gasteiger partial charge in [-0.15, -0.1) is 0 Å². The molecule has 0 radical (unpaired) electrons. The molecule has 0 unspecified atom stereocenters. The Labute approximate surface area is 169 Å². The van der Waals surface area contributed by atoms with E-state index in [1.54, 1.807) is 26.3 Å². The predicted molar refractivity (Wildman–Crippen MR) is 107 cm³/mol. The summed E-state index contributed by atoms with van der Waals surface area (Å²) in [5, 5.41) is 12.2. The molecule has 1 aromatic carbocycles. The quantitative estimate of drug-likeness (QED) is 0.770. The topological polar surface area (TPSA) is 101 Å². The number of alkyl carbamates (subject to hydrolysis) is 1. The lowest BCUT2D eigenvalue weighted by Gasteiger charge is -2.39. The fourth-order valence-electron chi connectivity index (χ4n) is 3.38. The van der Waals surface area contributed by atoms with E-state index < -0.39 is 12.1 Å². The molecule has 0 spiro atoms. The number of methoxy groups -OCH3 is 1. The van der Waals surface area contributed by atoms with Gasteiger partial charge in [0.1, 0.15) is 6.61 Å². The number of amides is 1. The van der Waals surface area contributed by atoms with Crippen molar-refractivity contribution in [1.29, 1.82) is 0 Å². The van der Waals surface area contributed by atoms with Crippen LogP contribution in [0.15, 0.2) is 42.6 Å². The molecular weight excluding hydrogens is 374 g/mol. The maximum atomic E-state index is 12.2. The number of rotatable bonds is 6. The molecule has 1 amide bonds. The number of hydrogen-bond acceptors (Lipinski definition) is 6. The zero-order valence-corrected chi connectivity index (χ0v) is 16.5. The molecule has 0 saturated carbocycles. The van der Waals surface area contributed by atoms with Gasteiger partial charge in [-0.2, -0.15) is 0 Å². The van der Waals surface area contributed by atoms with Gasteiger partial charge >= 0.3 is 12.1 Å². The van der Waals surface area contributed by atoms with E-state index in [4.69, 9.17) is 9.47 Å². The lowest BCUT2D eigenvalue weighted by atomic mass is 10.0. The van der Waals surface area contributed by atoms with Gasteiger partial charge in [0.15, 0.2) is 0 Å². The zero-order chi connectivity index (χ0) is 20.8. The molecule has 154 valence electrons. The van der Waals surface area contributed by atoms with Crippen LogP contribution in [0.3, 0.4) is 0 Å². The summed E-state index contributed by atoms with van der Waals surface area (Å²) in [7, 11) is 1.59. The number of carbonyl (C=O) groups excluding carboxylic acids is 1. The highest BCUT2D eigenvalue weighted by molar-refractivity contribution is 5.89. The molecule has 2 aromatic rings. The van der Waals surface area contributed by atoms with Crippen molar-refractivity contribution in [3.8, 4) is 0 Å². The van der Waals surface area contributed by atoms with Crippen LogP contribution in [0.25, 0.3) is 0 Å². The minimum atomic E-state index is -1.00. The van der Waals surface area contributed by atoms with Gasteiger partial charge in [0, 0.05) is 20.2 Å². The van der Waals surface area contributed by atoms with Crippen molar-refractivity contribution in [3.63, 3.8) is 0 Å². The fraction of sp³-hybridized carbons (Fsp3) is 0.381. The van der Waals surface area contributed by atoms with Gasteiger partial charge in [0.05, 0.1) is 35.3 Å². The number of carboxylic acid groups (broad SMARTS) is 1. The number of carbonyl (C=O) groups is 2. The molecule has 1 aromatic heterocycles. The van der Waals surface area contributed by atoms with Crippen LogP contribution in [0.1, 0.15) is 28.0 Å². The molecule has 2 N–H and O–H groups in total. The molecule has 8 heteroatoms. The van der Waals surface area contributed by atoms with E-state index in [1.807, 2.05) is 35.2 Å². The number of pyridine rings is 1. The minimum absolute atomic E-state index is 0.182. The van der Waals surface area contributed by atoms with Crippen LogP contribution < -0.4 is 10.2 Å². The number of aromatic carboxylic acids is 1. The van der Waals surface area contributed by atoms with Crippen LogP contribution in [0.2, 0.25) is 0 Å². The van der Waals surface area contributed by atoms with Crippen LogP contribution in [0, 0.1) is 6.92 Å². The van der Waals surface area contributed by atoms with Gasteiger partial charge in [-0.3, -0.25) is 4.98 Å². The highest BCUT2D eigenvalue weighted by Gasteiger charge is 2.31. The zero-order valence-electron chi connectivity index (χ0n) is 16.5. The summed E-state index contributed by atoms with van der Waals surface area (Å²) < 4.78 is 10.9. The SMILES string of the molecule is CO[C@@H]1CN(c2cnc(C)c(C(=O)O)c2)CC[C@@H]1NC(=O)OCc1ccccc1. The minimum Gasteiger partial charge on any atom is -0.478 e. The average molecular weight is 399 g/mol. The van der Waals surface area contributed by atoms with E-state index >= 15 is 0 Å². The van der Waals surface area contributed by atoms with Crippen molar-refractivity contribution in [2.45, 2.75) is 32.1 Å². The summed E-state index contributed by atoms with van der Waals surface area (Å²) in [5.74, 6) is -1.00. The highest BCUT2D eigenvalue weighted by Crippen LogP contribution is 2.23. The summed E-state index contributed by atoms with van der Waals surface area (Å²) in [4.78, 5) is 29.8. The first-order chi connectivity index (χ1) is 14.0. The van der Waals surface area contributed by atoms with Crippen LogP contribution >= 0.6 is 0 Å². The van der Waals surface area contributed by atoms with Crippen molar-refractivity contribution < 1.29 is 24.2 Å². The summed E-state index contributed by atoms with van der Waals surface area (Å²) in [5.41, 5.74) is 2.30. The monoisotopic (exact) mass is 399 g/mol. The van der Waals surface area contributed by atoms with Crippen molar-refractivity contribution >= 4 is 17.7 Å². The first-order valence-corrected chi connectivity index (χ1v) is 9.43. The lowest BCUT2D eigenvalue weighted by Crippen LogP contribution is -2.55. The summed E-state index contributed by atoms with van der Waals surface area (Å²) in [6.45, 7) is 3.01. The van der Waals surface area contributed by atoms with Crippen molar-refractivity contribution in [2.24, 2.45) is 0 Å². The molecule has 1 aliphatic rings. The Kier molecular flexibility index (Phi) is 6.66. The number of piperidine rings is 1. The number of carboxylic acids is 1. The summed E-state index contributed by atoms with van der Waals surface area (Å²) in [6.07, 6.45) is 1.55. The largest absolute Gasteiger partial charge is 0.478 e. The number of aryl methyl sites for hydroxylation is 1. The predicted octanol–water partition coefficient (Wildman–Crippen LogP) is 2.61. The van der Waals surface area contributed by atoms with Gasteiger partial charge in [-0.25, -0.2) is 9.59 Å². The number of benzene rings is 1. The molecular formula is C21H25N3O5. The van der Waals surface area contributed by atoms with Crippen LogP contribution in [0.4, 0.5) is 10.5 Å². The van der Waals surface area contributed by atoms with Gasteiger partial charge in [-0.05, 0) is 25.0 Å². The Balaban J connectivity index is 1.58. The molecule has 2 heterocycles. The highest BCUT2D eigenvalue weighted by atomic mass is 16.5. The Morgan fingerprint density at radius 3 is 2.76 bits per heavy atom. The number of hydrogen-bond donors (Lipinski definition) is 2. The molecule has 0 aliphatic carbocycles. The molecule has 3 rings (SSSR count). The third-order valence-corrected chi connectivity index (χ3v) is 5.05. The second kappa shape index (κ2) is 9.38. The number of aromatic nitrogens is 1. The molecule has 29 heavy (non-hydrogen) atoms. The number of ether oxygens (including phenoxy) is 2. The molecule has 8 nitrogen and oxygen atoms in total. The molecule has 1 saturated heterocycles. The summed E-state index contributed by atoms with van der Waals surface area (Å²) in [6, 6.07) is 10.9. The normalized spacial score (nSPS) is 18.9. The van der Waals surface area contributed by atoms with E-state index in [0.717, 1.165) is 11.3 Å². The second-order valence-electron chi connectivity index (χ2n) is 6.95. The first-order valence-electron chi connectivity index (χ1n) is 9.43. The van der Waals surface area contributed by atoms with Gasteiger partial charge in [0.25, 0.3) is 0 Å². The van der Waals surface area contributed by atoms with E-state index in [-0.39, 0.29) is 24.3 Å². The Morgan fingerprint density at radius 1 is 1.31 bits per heavy atom. The third-order valence-electron chi connectivity index (χ3n) is 5.05. The van der Waals surface area contributed by atoms with Crippen LogP contribution in [0.5, 0.6) is 0 Å². The smallest absolute Gasteiger partial charge is 0.407 e. The second-order valence-corrected chi connectivity index (χ2v) is 6.95. The fourth-order valence-corrected chi connectivity index (χ4v) is 3.38. The van der Waals surface area contributed by atoms with E-state index in [9.17, 15) is 14.7 Å². The first kappa shape index (κ1) is 20.6. The van der Waals surface area contributed by atoms with E-state index in [1.165, 1.54) is 0 Å². The van der Waals surface area contributed by atoms with Crippen molar-refractivity contribution in [2.75, 3.05) is 25.1 Å². The Morgan fingerprint density at radius 2 is 2.07 bits per heavy atom. The molecule has 1 fully saturated rings. The van der Waals surface area contributed by atoms with Crippen LogP contribution in [-0.2, 0) is 16.1 Å². The van der Waals surface area contributed by atoms with Gasteiger partial charge < -0.3 is 24.8 Å². The molecule has 2 atom stereocenters. The van der Waals surface area contributed by atoms with Crippen LogP contribution in [-0.4, -0.2) is 54.5 Å². The lowest BCUT2D eigenvalue weighted by molar-refractivity contribution is 0.0546. The number of anilines is 1. The Bertz CT molecular complexity index is 859. The van der Waals surface area contributed by atoms with Crippen molar-refractivity contribution in [1.82, 2.24) is 10.3 Å². The molecule has 0 bridgehead atoms. The molecule has 1 aliphatic heterocycles. The average Bonchev–Trinajstić information content (AvgIpc) is 2.73. The number of nitrogens with zero attached hydrogens (tertiary/aromatic N) is 2. The van der Waals surface area contributed by atoms with Gasteiger partial charge in [-0.1, -0.05) is 30.3 Å². The standard InChI is InChI=1S/C21H25N3O5/c1-14-17(20(25)26)10-16(11-22-14)24-9-8-18(19(12-24)28-2)23-21(27)29-13-15-6-4-3-5-7-15/h3-7,10-11,18-19H,8-9,12-13H2,1-2H3,(H,23,27)(H,25,26)/t18-,19+/m0/s1. The van der Waals surface area contributed by atoms with E-state index in [2.05, 4.69) is 10.3 Å². The van der Waals surface area contributed by atoms with Crippen molar-refractivity contribution in [3.05, 3.63) is 59.4 Å². The number of nitrogens with one attached hydrogen (secondary N) is 1. The van der Waals surface area contributed by atoms with Gasteiger partial charge in [0.2, 0.25) is 0 Å². The summed E-state index contributed by atoms with van der Waals surface area (Å²) >= 11 is 0.